The lowest BCUT2D eigenvalue weighted by Crippen LogP contribution is -2.16. The Balaban J connectivity index is 2.24. The lowest BCUT2D eigenvalue weighted by Gasteiger charge is -2.25. The predicted octanol–water partition coefficient (Wildman–Crippen LogP) is 5.87. The van der Waals surface area contributed by atoms with E-state index in [-0.39, 0.29) is 11.5 Å². The Morgan fingerprint density at radius 3 is 2.47 bits per heavy atom. The number of para-hydroxylation sites is 1. The van der Waals surface area contributed by atoms with Crippen LogP contribution in [-0.2, 0) is 5.41 Å². The van der Waals surface area contributed by atoms with Crippen molar-refractivity contribution in [2.75, 3.05) is 5.32 Å². The average Bonchev–Trinajstić information content (AvgIpc) is 2.75. The molecule has 102 valence electrons. The van der Waals surface area contributed by atoms with Crippen LogP contribution in [0.2, 0.25) is 4.34 Å². The minimum absolute atomic E-state index is 0.135. The molecule has 0 spiro atoms. The molecule has 19 heavy (non-hydrogen) atoms. The van der Waals surface area contributed by atoms with Gasteiger partial charge in [0.25, 0.3) is 0 Å². The zero-order valence-corrected chi connectivity index (χ0v) is 13.4. The number of anilines is 1. The molecule has 0 radical (unpaired) electrons. The Bertz CT molecular complexity index is 554. The Kier molecular flexibility index (Phi) is 4.22. The van der Waals surface area contributed by atoms with Crippen LogP contribution in [0.1, 0.15) is 44.9 Å². The van der Waals surface area contributed by atoms with E-state index in [0.717, 1.165) is 4.34 Å². The fourth-order valence-corrected chi connectivity index (χ4v) is 3.11. The molecule has 0 saturated heterocycles. The van der Waals surface area contributed by atoms with Crippen molar-refractivity contribution in [3.8, 4) is 0 Å². The monoisotopic (exact) mass is 293 g/mol. The van der Waals surface area contributed by atoms with Gasteiger partial charge in [-0.1, -0.05) is 50.6 Å². The molecule has 0 amide bonds. The van der Waals surface area contributed by atoms with E-state index in [1.54, 1.807) is 11.3 Å². The molecule has 1 nitrogen and oxygen atoms in total. The molecule has 0 fully saturated rings. The fraction of sp³-hybridized carbons (Fsp3) is 0.375. The molecule has 1 unspecified atom stereocenters. The van der Waals surface area contributed by atoms with Crippen LogP contribution in [0.3, 0.4) is 0 Å². The minimum atomic E-state index is 0.135. The number of benzene rings is 1. The van der Waals surface area contributed by atoms with Gasteiger partial charge < -0.3 is 5.32 Å². The molecule has 0 aliphatic rings. The van der Waals surface area contributed by atoms with Gasteiger partial charge in [0.05, 0.1) is 4.34 Å². The first-order valence-electron chi connectivity index (χ1n) is 6.48. The van der Waals surface area contributed by atoms with Crippen molar-refractivity contribution in [2.45, 2.75) is 39.2 Å². The summed E-state index contributed by atoms with van der Waals surface area (Å²) >= 11 is 7.58. The lowest BCUT2D eigenvalue weighted by atomic mass is 9.85. The molecule has 0 saturated carbocycles. The maximum Gasteiger partial charge on any atom is 0.0931 e. The van der Waals surface area contributed by atoms with Gasteiger partial charge in [-0.15, -0.1) is 11.3 Å². The van der Waals surface area contributed by atoms with Crippen LogP contribution in [0, 0.1) is 0 Å². The van der Waals surface area contributed by atoms with Crippen molar-refractivity contribution in [1.82, 2.24) is 0 Å². The van der Waals surface area contributed by atoms with E-state index in [0.29, 0.717) is 0 Å². The summed E-state index contributed by atoms with van der Waals surface area (Å²) in [6.45, 7) is 8.87. The molecule has 1 aromatic carbocycles. The summed E-state index contributed by atoms with van der Waals surface area (Å²) in [5, 5.41) is 5.71. The third-order valence-electron chi connectivity index (χ3n) is 3.19. The van der Waals surface area contributed by atoms with Gasteiger partial charge in [-0.2, -0.15) is 0 Å². The Hall–Kier alpha value is -0.990. The van der Waals surface area contributed by atoms with Gasteiger partial charge >= 0.3 is 0 Å². The van der Waals surface area contributed by atoms with Crippen molar-refractivity contribution in [3.63, 3.8) is 0 Å². The van der Waals surface area contributed by atoms with Crippen LogP contribution in [0.5, 0.6) is 0 Å². The third-order valence-corrected chi connectivity index (χ3v) is 4.30. The first-order chi connectivity index (χ1) is 8.88. The molecule has 1 aromatic heterocycles. The number of halogens is 1. The van der Waals surface area contributed by atoms with E-state index in [1.807, 2.05) is 6.07 Å². The van der Waals surface area contributed by atoms with E-state index in [4.69, 9.17) is 11.6 Å². The highest BCUT2D eigenvalue weighted by Crippen LogP contribution is 2.32. The molecule has 2 aromatic rings. The van der Waals surface area contributed by atoms with Gasteiger partial charge in [0, 0.05) is 11.7 Å². The molecule has 1 N–H and O–H groups in total. The van der Waals surface area contributed by atoms with Crippen molar-refractivity contribution in [1.29, 1.82) is 0 Å². The fourth-order valence-electron chi connectivity index (χ4n) is 2.13. The second-order valence-corrected chi connectivity index (χ2v) is 7.39. The third kappa shape index (κ3) is 3.52. The van der Waals surface area contributed by atoms with Gasteiger partial charge in [0.2, 0.25) is 0 Å². The van der Waals surface area contributed by atoms with E-state index in [9.17, 15) is 0 Å². The Morgan fingerprint density at radius 1 is 1.21 bits per heavy atom. The van der Waals surface area contributed by atoms with Crippen molar-refractivity contribution in [2.24, 2.45) is 0 Å². The van der Waals surface area contributed by atoms with Gasteiger partial charge in [0.15, 0.2) is 0 Å². The van der Waals surface area contributed by atoms with Gasteiger partial charge in [-0.25, -0.2) is 0 Å². The summed E-state index contributed by atoms with van der Waals surface area (Å²) < 4.78 is 0.841. The molecular weight excluding hydrogens is 274 g/mol. The van der Waals surface area contributed by atoms with Gasteiger partial charge in [-0.05, 0) is 41.0 Å². The predicted molar refractivity (Wildman–Crippen MR) is 86.5 cm³/mol. The summed E-state index contributed by atoms with van der Waals surface area (Å²) in [5.41, 5.74) is 3.90. The van der Waals surface area contributed by atoms with E-state index < -0.39 is 0 Å². The maximum absolute atomic E-state index is 6.00. The maximum atomic E-state index is 6.00. The largest absolute Gasteiger partial charge is 0.378 e. The highest BCUT2D eigenvalue weighted by molar-refractivity contribution is 7.14. The number of nitrogens with one attached hydrogen (secondary N) is 1. The first-order valence-corrected chi connectivity index (χ1v) is 7.73. The van der Waals surface area contributed by atoms with Crippen molar-refractivity contribution < 1.29 is 0 Å². The summed E-state index contributed by atoms with van der Waals surface area (Å²) in [6, 6.07) is 10.8. The quantitative estimate of drug-likeness (QED) is 0.746. The first kappa shape index (κ1) is 14.4. The summed E-state index contributed by atoms with van der Waals surface area (Å²) in [4.78, 5) is 0. The second kappa shape index (κ2) is 5.56. The van der Waals surface area contributed by atoms with E-state index >= 15 is 0 Å². The van der Waals surface area contributed by atoms with Crippen LogP contribution in [0.15, 0.2) is 35.7 Å². The molecule has 3 heteroatoms. The lowest BCUT2D eigenvalue weighted by molar-refractivity contribution is 0.590. The smallest absolute Gasteiger partial charge is 0.0931 e. The standard InChI is InChI=1S/C16H20ClNS/c1-11(12-9-15(17)19-10-12)18-14-8-6-5-7-13(14)16(2,3)4/h5-11,18H,1-4H3. The van der Waals surface area contributed by atoms with Crippen LogP contribution >= 0.6 is 22.9 Å². The number of hydrogen-bond acceptors (Lipinski definition) is 2. The SMILES string of the molecule is CC(Nc1ccccc1C(C)(C)C)c1csc(Cl)c1. The minimum Gasteiger partial charge on any atom is -0.378 e. The molecule has 1 heterocycles. The topological polar surface area (TPSA) is 12.0 Å². The zero-order valence-electron chi connectivity index (χ0n) is 11.8. The molecule has 0 aliphatic heterocycles. The molecule has 2 rings (SSSR count). The van der Waals surface area contributed by atoms with E-state index in [1.165, 1.54) is 16.8 Å². The zero-order chi connectivity index (χ0) is 14.0. The van der Waals surface area contributed by atoms with Crippen LogP contribution in [0.25, 0.3) is 0 Å². The van der Waals surface area contributed by atoms with E-state index in [2.05, 4.69) is 62.7 Å². The van der Waals surface area contributed by atoms with Gasteiger partial charge in [-0.3, -0.25) is 0 Å². The molecular formula is C16H20ClNS. The number of hydrogen-bond donors (Lipinski definition) is 1. The van der Waals surface area contributed by atoms with Crippen LogP contribution in [0.4, 0.5) is 5.69 Å². The average molecular weight is 294 g/mol. The molecule has 1 atom stereocenters. The summed E-state index contributed by atoms with van der Waals surface area (Å²) in [7, 11) is 0. The Morgan fingerprint density at radius 2 is 1.89 bits per heavy atom. The summed E-state index contributed by atoms with van der Waals surface area (Å²) in [5.74, 6) is 0. The number of thiophene rings is 1. The van der Waals surface area contributed by atoms with Crippen LogP contribution < -0.4 is 5.32 Å². The Labute approximate surface area is 124 Å². The van der Waals surface area contributed by atoms with Crippen molar-refractivity contribution in [3.05, 3.63) is 51.2 Å². The highest BCUT2D eigenvalue weighted by atomic mass is 35.5. The van der Waals surface area contributed by atoms with Gasteiger partial charge in [0.1, 0.15) is 0 Å². The normalized spacial score (nSPS) is 13.3. The summed E-state index contributed by atoms with van der Waals surface area (Å²) in [6.07, 6.45) is 0. The molecule has 0 bridgehead atoms. The van der Waals surface area contributed by atoms with Crippen LogP contribution in [-0.4, -0.2) is 0 Å². The molecule has 0 aliphatic carbocycles. The van der Waals surface area contributed by atoms with Crippen molar-refractivity contribution >= 4 is 28.6 Å². The number of rotatable bonds is 3. The highest BCUT2D eigenvalue weighted by Gasteiger charge is 2.18. The second-order valence-electron chi connectivity index (χ2n) is 5.85.